The van der Waals surface area contributed by atoms with Gasteiger partial charge in [-0.2, -0.15) is 13.1 Å². The third kappa shape index (κ3) is 29.8. The van der Waals surface area contributed by atoms with Crippen LogP contribution in [0.3, 0.4) is 0 Å². The van der Waals surface area contributed by atoms with Crippen molar-refractivity contribution in [2.24, 2.45) is 11.8 Å². The molecule has 31 heavy (non-hydrogen) atoms. The normalized spacial score (nSPS) is 13.8. The third-order valence-electron chi connectivity index (χ3n) is 4.27. The summed E-state index contributed by atoms with van der Waals surface area (Å²) >= 11 is 0. The minimum Gasteiger partial charge on any atom is -0.678 e. The molecule has 0 fully saturated rings. The van der Waals surface area contributed by atoms with Crippen molar-refractivity contribution in [2.45, 2.75) is 119 Å². The Morgan fingerprint density at radius 3 is 1.00 bits per heavy atom. The minimum atomic E-state index is 0. The molecule has 186 valence electrons. The van der Waals surface area contributed by atoms with Crippen molar-refractivity contribution in [2.75, 3.05) is 13.1 Å². The van der Waals surface area contributed by atoms with E-state index in [0.717, 1.165) is 38.8 Å². The molecule has 0 aromatic carbocycles. The summed E-state index contributed by atoms with van der Waals surface area (Å²) < 4.78 is 0. The number of rotatable bonds is 14. The molecule has 0 aromatic heterocycles. The Morgan fingerprint density at radius 2 is 0.839 bits per heavy atom. The van der Waals surface area contributed by atoms with Gasteiger partial charge in [0.25, 0.3) is 0 Å². The van der Waals surface area contributed by atoms with Gasteiger partial charge in [-0.3, -0.25) is 13.6 Å². The Bertz CT molecular complexity index is 294. The fraction of sp³-hybridized carbons (Fsp3) is 0.917. The summed E-state index contributed by atoms with van der Waals surface area (Å²) in [5.41, 5.74) is 0. The quantitative estimate of drug-likeness (QED) is 0.135. The summed E-state index contributed by atoms with van der Waals surface area (Å²) in [7, 11) is 0. The summed E-state index contributed by atoms with van der Waals surface area (Å²) in [5.74, 6) is 1.08. The predicted molar refractivity (Wildman–Crippen MR) is 134 cm³/mol. The molecule has 0 aliphatic carbocycles. The Hall–Kier alpha value is -0.197. The van der Waals surface area contributed by atoms with Crippen molar-refractivity contribution in [1.82, 2.24) is 0 Å². The zero-order valence-electron chi connectivity index (χ0n) is 21.8. The van der Waals surface area contributed by atoms with Crippen LogP contribution in [0.1, 0.15) is 94.9 Å². The van der Waals surface area contributed by atoms with Crippen LogP contribution in [0.5, 0.6) is 0 Å². The Kier molecular flexibility index (Phi) is 42.4. The minimum absolute atomic E-state index is 0. The first-order valence-electron chi connectivity index (χ1n) is 11.4. The van der Waals surface area contributed by atoms with Crippen LogP contribution in [0.2, 0.25) is 0 Å². The van der Waals surface area contributed by atoms with Gasteiger partial charge in [0.15, 0.2) is 0 Å². The predicted octanol–water partition coefficient (Wildman–Crippen LogP) is 7.30. The van der Waals surface area contributed by atoms with Crippen LogP contribution in [0.25, 0.3) is 21.3 Å². The van der Waals surface area contributed by atoms with Gasteiger partial charge in [0.05, 0.1) is 0 Å². The second-order valence-corrected chi connectivity index (χ2v) is 7.94. The van der Waals surface area contributed by atoms with Crippen LogP contribution in [-0.2, 0) is 29.1 Å². The summed E-state index contributed by atoms with van der Waals surface area (Å²) in [6.45, 7) is 30.1. The van der Waals surface area contributed by atoms with Crippen molar-refractivity contribution in [3.63, 3.8) is 0 Å². The molecular formula is C24H50N4O2Ru. The van der Waals surface area contributed by atoms with E-state index in [1.165, 1.54) is 0 Å². The molecule has 0 aliphatic rings. The standard InChI is InChI=1S/2C11H24N2.2CHO.Ru/c2*1-6-8-12-11(9(3)4)13-10(5)7-2;2*1-2;/h2*9-11H,6-8H2,1-5H3;2*1H;/q2*-2;2*-1;+6. The molecule has 0 aromatic rings. The van der Waals surface area contributed by atoms with Crippen molar-refractivity contribution in [1.29, 1.82) is 0 Å². The van der Waals surface area contributed by atoms with E-state index in [1.807, 2.05) is 0 Å². The molecule has 0 aliphatic heterocycles. The Morgan fingerprint density at radius 1 is 0.581 bits per heavy atom. The zero-order valence-corrected chi connectivity index (χ0v) is 23.6. The van der Waals surface area contributed by atoms with Crippen LogP contribution in [-0.4, -0.2) is 51.1 Å². The van der Waals surface area contributed by atoms with Gasteiger partial charge in [0.1, 0.15) is 0 Å². The van der Waals surface area contributed by atoms with Crippen molar-refractivity contribution in [3.8, 4) is 0 Å². The van der Waals surface area contributed by atoms with Crippen molar-refractivity contribution in [3.05, 3.63) is 21.3 Å². The van der Waals surface area contributed by atoms with E-state index in [2.05, 4.69) is 104 Å². The molecule has 0 saturated heterocycles. The molecule has 7 heteroatoms. The van der Waals surface area contributed by atoms with E-state index in [1.54, 1.807) is 0 Å². The molecule has 4 atom stereocenters. The van der Waals surface area contributed by atoms with Crippen molar-refractivity contribution < 1.29 is 29.1 Å². The molecule has 0 amide bonds. The van der Waals surface area contributed by atoms with Gasteiger partial charge in [-0.1, -0.05) is 107 Å². The van der Waals surface area contributed by atoms with E-state index in [0.29, 0.717) is 23.9 Å². The topological polar surface area (TPSA) is 90.5 Å². The first-order chi connectivity index (χ1) is 14.2. The van der Waals surface area contributed by atoms with Crippen LogP contribution >= 0.6 is 0 Å². The molecule has 4 unspecified atom stereocenters. The van der Waals surface area contributed by atoms with Gasteiger partial charge >= 0.3 is 19.5 Å². The Balaban J connectivity index is -0.000000122. The largest absolute Gasteiger partial charge is 6.00 e. The smallest absolute Gasteiger partial charge is 0.678 e. The molecule has 0 spiro atoms. The molecule has 0 radical (unpaired) electrons. The zero-order chi connectivity index (χ0) is 24.5. The van der Waals surface area contributed by atoms with Crippen LogP contribution in [0, 0.1) is 11.8 Å². The van der Waals surface area contributed by atoms with Gasteiger partial charge in [-0.25, -0.2) is 12.3 Å². The maximum Gasteiger partial charge on any atom is 6.00 e. The van der Waals surface area contributed by atoms with E-state index >= 15 is 0 Å². The number of hydrogen-bond acceptors (Lipinski definition) is 2. The first kappa shape index (κ1) is 41.1. The molecule has 0 N–H and O–H groups in total. The fourth-order valence-corrected chi connectivity index (χ4v) is 2.12. The van der Waals surface area contributed by atoms with Gasteiger partial charge < -0.3 is 30.9 Å². The average molecular weight is 528 g/mol. The van der Waals surface area contributed by atoms with Gasteiger partial charge in [0.2, 0.25) is 0 Å². The number of carbonyl (C=O) groups excluding carboxylic acids is 2. The second kappa shape index (κ2) is 32.0. The fourth-order valence-electron chi connectivity index (χ4n) is 2.12. The average Bonchev–Trinajstić information content (AvgIpc) is 2.76. The number of nitrogens with zero attached hydrogens (tertiary/aromatic N) is 4. The number of hydrogen-bond donors (Lipinski definition) is 0. The molecule has 0 heterocycles. The molecule has 0 bridgehead atoms. The van der Waals surface area contributed by atoms with Crippen LogP contribution in [0.4, 0.5) is 0 Å². The van der Waals surface area contributed by atoms with Gasteiger partial charge in [0, 0.05) is 0 Å². The van der Waals surface area contributed by atoms with E-state index in [-0.39, 0.29) is 31.8 Å². The van der Waals surface area contributed by atoms with Crippen molar-refractivity contribution >= 4 is 13.6 Å². The van der Waals surface area contributed by atoms with E-state index in [9.17, 15) is 0 Å². The molecule has 0 saturated carbocycles. The summed E-state index contributed by atoms with van der Waals surface area (Å²) in [5, 5.41) is 18.5. The SMILES string of the molecule is CCC[N-]C([N-]C(C)CC)C(C)C.CCC[N-]C([N-]C(C)CC)C(C)C.[CH-]=O.[CH-]=O.[Ru+6]. The molecule has 6 nitrogen and oxygen atoms in total. The first-order valence-corrected chi connectivity index (χ1v) is 11.4. The van der Waals surface area contributed by atoms with E-state index < -0.39 is 0 Å². The third-order valence-corrected chi connectivity index (χ3v) is 4.27. The monoisotopic (exact) mass is 528 g/mol. The second-order valence-electron chi connectivity index (χ2n) is 7.94. The summed E-state index contributed by atoms with van der Waals surface area (Å²) in [6, 6.07) is 0.904. The van der Waals surface area contributed by atoms with Crippen LogP contribution in [0.15, 0.2) is 0 Å². The van der Waals surface area contributed by atoms with Gasteiger partial charge in [-0.05, 0) is 0 Å². The molecular weight excluding hydrogens is 477 g/mol. The van der Waals surface area contributed by atoms with E-state index in [4.69, 9.17) is 9.59 Å². The molecule has 0 rings (SSSR count). The summed E-state index contributed by atoms with van der Waals surface area (Å²) in [6.07, 6.45) is 4.92. The maximum absolute atomic E-state index is 7.75. The maximum atomic E-state index is 7.75. The van der Waals surface area contributed by atoms with Gasteiger partial charge in [-0.15, -0.1) is 12.1 Å². The Labute approximate surface area is 208 Å². The van der Waals surface area contributed by atoms with Crippen LogP contribution < -0.4 is 0 Å². The summed E-state index contributed by atoms with van der Waals surface area (Å²) in [4.78, 5) is 15.5.